The first kappa shape index (κ1) is 50.6. The maximum Gasteiger partial charge on any atom is 0.255 e. The molecule has 0 heterocycles. The van der Waals surface area contributed by atoms with Crippen molar-refractivity contribution in [2.75, 3.05) is 25.0 Å². The van der Waals surface area contributed by atoms with E-state index in [2.05, 4.69) is 41.9 Å². The molecule has 18 nitrogen and oxygen atoms in total. The van der Waals surface area contributed by atoms with Gasteiger partial charge < -0.3 is 54.8 Å². The lowest BCUT2D eigenvalue weighted by Crippen LogP contribution is -2.59. The van der Waals surface area contributed by atoms with Gasteiger partial charge in [0.15, 0.2) is 11.9 Å². The molecule has 0 unspecified atom stereocenters. The van der Waals surface area contributed by atoms with Gasteiger partial charge in [0, 0.05) is 30.9 Å². The number of aliphatic imine (C=N–C) groups is 2. The molecule has 0 aliphatic carbocycles. The van der Waals surface area contributed by atoms with Gasteiger partial charge in [-0.1, -0.05) is 83.0 Å². The Morgan fingerprint density at radius 3 is 1.83 bits per heavy atom. The van der Waals surface area contributed by atoms with E-state index in [4.69, 9.17) is 22.9 Å². The summed E-state index contributed by atoms with van der Waals surface area (Å²) in [4.78, 5) is 88.5. The standard InChI is InChI=1S/C45H66N12O6/c1-6-27(3)26-52-41(61)35(14-10-22-50-44(46)47)56-39(59)29(5)53-43(63)38(28(4)7-2)57-42(62)36(15-11-23-51-45(48)49)55-37(58)24-30-16-20-34(21-17-30)54-40(60)33-19-18-31-12-8-9-13-32(31)25-33/h8-9,12-13,16-21,25,27-29,35-36,38H,6-7,10-11,14-15,22-24,26H2,1-5H3,(H,52,61)(H,53,63)(H,54,60)(H,55,58)(H,56,59)(H,57,62)(H4,46,47,50)(H4,48,49,51)/t27-,28-,29-,35-,36-,38-/m0/s1. The van der Waals surface area contributed by atoms with Crippen LogP contribution in [0.2, 0.25) is 0 Å². The quantitative estimate of drug-likeness (QED) is 0.0335. The van der Waals surface area contributed by atoms with Crippen molar-refractivity contribution in [3.8, 4) is 0 Å². The van der Waals surface area contributed by atoms with Crippen molar-refractivity contribution in [1.29, 1.82) is 0 Å². The summed E-state index contributed by atoms with van der Waals surface area (Å²) in [6.45, 7) is 10.0. The highest BCUT2D eigenvalue weighted by atomic mass is 16.2. The molecule has 14 N–H and O–H groups in total. The first-order chi connectivity index (χ1) is 30.0. The van der Waals surface area contributed by atoms with E-state index in [1.807, 2.05) is 57.2 Å². The molecule has 0 radical (unpaired) electrons. The lowest BCUT2D eigenvalue weighted by molar-refractivity contribution is -0.135. The number of carbonyl (C=O) groups excluding carboxylic acids is 6. The smallest absolute Gasteiger partial charge is 0.255 e. The van der Waals surface area contributed by atoms with Crippen molar-refractivity contribution in [2.24, 2.45) is 44.8 Å². The second-order valence-corrected chi connectivity index (χ2v) is 15.8. The van der Waals surface area contributed by atoms with E-state index < -0.39 is 47.8 Å². The molecule has 63 heavy (non-hydrogen) atoms. The van der Waals surface area contributed by atoms with Crippen molar-refractivity contribution < 1.29 is 28.8 Å². The molecule has 6 amide bonds. The van der Waals surface area contributed by atoms with Crippen LogP contribution in [-0.4, -0.2) is 91.2 Å². The summed E-state index contributed by atoms with van der Waals surface area (Å²) >= 11 is 0. The van der Waals surface area contributed by atoms with Gasteiger partial charge in [-0.2, -0.15) is 0 Å². The zero-order valence-corrected chi connectivity index (χ0v) is 37.0. The molecule has 0 aliphatic rings. The number of nitrogens with two attached hydrogens (primary N) is 4. The fraction of sp³-hybridized carbons (Fsp3) is 0.467. The number of hydrogen-bond acceptors (Lipinski definition) is 8. The molecule has 3 rings (SSSR count). The molecule has 0 spiro atoms. The summed E-state index contributed by atoms with van der Waals surface area (Å²) < 4.78 is 0. The molecule has 3 aromatic carbocycles. The van der Waals surface area contributed by atoms with E-state index in [9.17, 15) is 28.8 Å². The lowest BCUT2D eigenvalue weighted by Gasteiger charge is -2.28. The molecule has 342 valence electrons. The number of benzene rings is 3. The Morgan fingerprint density at radius 1 is 0.635 bits per heavy atom. The number of amides is 6. The van der Waals surface area contributed by atoms with E-state index in [1.54, 1.807) is 37.3 Å². The van der Waals surface area contributed by atoms with Crippen LogP contribution in [0.5, 0.6) is 0 Å². The zero-order chi connectivity index (χ0) is 46.5. The summed E-state index contributed by atoms with van der Waals surface area (Å²) in [6.07, 6.45) is 2.40. The summed E-state index contributed by atoms with van der Waals surface area (Å²) in [5.41, 5.74) is 23.5. The van der Waals surface area contributed by atoms with Crippen LogP contribution in [-0.2, 0) is 30.4 Å². The predicted octanol–water partition coefficient (Wildman–Crippen LogP) is 1.91. The maximum atomic E-state index is 13.9. The molecule has 0 saturated heterocycles. The molecule has 0 saturated carbocycles. The molecule has 0 aliphatic heterocycles. The predicted molar refractivity (Wildman–Crippen MR) is 247 cm³/mol. The van der Waals surface area contributed by atoms with Crippen molar-refractivity contribution in [3.05, 3.63) is 77.9 Å². The van der Waals surface area contributed by atoms with Crippen LogP contribution in [0.15, 0.2) is 76.7 Å². The molecular weight excluding hydrogens is 805 g/mol. The zero-order valence-electron chi connectivity index (χ0n) is 37.0. The molecule has 6 atom stereocenters. The second-order valence-electron chi connectivity index (χ2n) is 15.8. The number of nitrogens with zero attached hydrogens (tertiary/aromatic N) is 2. The SMILES string of the molecule is CC[C@H](C)CNC(=O)[C@H](CCCN=C(N)N)NC(=O)[C@H](C)NC(=O)[C@@H](NC(=O)[C@H](CCCN=C(N)N)NC(=O)Cc1ccc(NC(=O)c2ccc3ccccc3c2)cc1)[C@@H](C)CC. The minimum Gasteiger partial charge on any atom is -0.370 e. The van der Waals surface area contributed by atoms with Crippen LogP contribution in [0.4, 0.5) is 5.69 Å². The Bertz CT molecular complexity index is 2070. The molecule has 0 bridgehead atoms. The second kappa shape index (κ2) is 25.9. The van der Waals surface area contributed by atoms with E-state index >= 15 is 0 Å². The number of fused-ring (bicyclic) bond motifs is 1. The van der Waals surface area contributed by atoms with E-state index in [0.717, 1.165) is 17.2 Å². The van der Waals surface area contributed by atoms with Crippen LogP contribution in [0.25, 0.3) is 10.8 Å². The Labute approximate surface area is 369 Å². The van der Waals surface area contributed by atoms with E-state index in [-0.39, 0.29) is 67.9 Å². The van der Waals surface area contributed by atoms with Crippen molar-refractivity contribution >= 4 is 63.8 Å². The van der Waals surface area contributed by atoms with Crippen LogP contribution < -0.4 is 54.8 Å². The fourth-order valence-electron chi connectivity index (χ4n) is 6.38. The number of anilines is 1. The third kappa shape index (κ3) is 17.7. The Kier molecular flexibility index (Phi) is 20.8. The van der Waals surface area contributed by atoms with Gasteiger partial charge in [-0.15, -0.1) is 0 Å². The Balaban J connectivity index is 1.67. The first-order valence-electron chi connectivity index (χ1n) is 21.5. The lowest BCUT2D eigenvalue weighted by atomic mass is 9.97. The third-order valence-electron chi connectivity index (χ3n) is 10.6. The topological polar surface area (TPSA) is 303 Å². The molecule has 3 aromatic rings. The summed E-state index contributed by atoms with van der Waals surface area (Å²) in [5.74, 6) is -3.30. The fourth-order valence-corrected chi connectivity index (χ4v) is 6.38. The minimum absolute atomic E-state index is 0.0799. The maximum absolute atomic E-state index is 13.9. The number of carbonyl (C=O) groups is 6. The molecular formula is C45H66N12O6. The van der Waals surface area contributed by atoms with Gasteiger partial charge >= 0.3 is 0 Å². The molecule has 18 heteroatoms. The van der Waals surface area contributed by atoms with Crippen LogP contribution in [0, 0.1) is 11.8 Å². The van der Waals surface area contributed by atoms with Gasteiger partial charge in [0.2, 0.25) is 29.5 Å². The monoisotopic (exact) mass is 871 g/mol. The number of nitrogens with one attached hydrogen (secondary N) is 6. The van der Waals surface area contributed by atoms with E-state index in [1.165, 1.54) is 6.92 Å². The van der Waals surface area contributed by atoms with Crippen molar-refractivity contribution in [1.82, 2.24) is 26.6 Å². The van der Waals surface area contributed by atoms with Gasteiger partial charge in [0.05, 0.1) is 6.42 Å². The average Bonchev–Trinajstić information content (AvgIpc) is 3.26. The Morgan fingerprint density at radius 2 is 1.24 bits per heavy atom. The highest BCUT2D eigenvalue weighted by Crippen LogP contribution is 2.18. The number of rotatable bonds is 25. The molecule has 0 fully saturated rings. The number of hydrogen-bond donors (Lipinski definition) is 10. The van der Waals surface area contributed by atoms with Gasteiger partial charge in [-0.05, 0) is 85.0 Å². The van der Waals surface area contributed by atoms with E-state index in [0.29, 0.717) is 42.6 Å². The Hall–Kier alpha value is -6.72. The largest absolute Gasteiger partial charge is 0.370 e. The summed E-state index contributed by atoms with van der Waals surface area (Å²) in [7, 11) is 0. The van der Waals surface area contributed by atoms with Crippen LogP contribution >= 0.6 is 0 Å². The number of guanidine groups is 2. The summed E-state index contributed by atoms with van der Waals surface area (Å²) in [5, 5.41) is 18.7. The van der Waals surface area contributed by atoms with Gasteiger partial charge in [-0.25, -0.2) is 0 Å². The molecule has 0 aromatic heterocycles. The summed E-state index contributed by atoms with van der Waals surface area (Å²) in [6, 6.07) is 15.9. The first-order valence-corrected chi connectivity index (χ1v) is 21.5. The average molecular weight is 871 g/mol. The third-order valence-corrected chi connectivity index (χ3v) is 10.6. The van der Waals surface area contributed by atoms with Crippen LogP contribution in [0.1, 0.15) is 89.1 Å². The normalized spacial score (nSPS) is 13.7. The van der Waals surface area contributed by atoms with Gasteiger partial charge in [0.25, 0.3) is 5.91 Å². The van der Waals surface area contributed by atoms with Crippen LogP contribution in [0.3, 0.4) is 0 Å². The highest BCUT2D eigenvalue weighted by molar-refractivity contribution is 6.06. The van der Waals surface area contributed by atoms with Crippen molar-refractivity contribution in [3.63, 3.8) is 0 Å². The highest BCUT2D eigenvalue weighted by Gasteiger charge is 2.32. The van der Waals surface area contributed by atoms with Gasteiger partial charge in [0.1, 0.15) is 24.2 Å². The minimum atomic E-state index is -1.09. The van der Waals surface area contributed by atoms with Crippen molar-refractivity contribution in [2.45, 2.75) is 104 Å². The van der Waals surface area contributed by atoms with Gasteiger partial charge in [-0.3, -0.25) is 38.8 Å².